The van der Waals surface area contributed by atoms with Crippen LogP contribution in [0.2, 0.25) is 0 Å². The van der Waals surface area contributed by atoms with E-state index in [1.807, 2.05) is 0 Å². The largest absolute Gasteiger partial charge is 0.477 e. The van der Waals surface area contributed by atoms with E-state index in [4.69, 9.17) is 4.74 Å². The zero-order valence-electron chi connectivity index (χ0n) is 12.7. The molecule has 113 valence electrons. The Balaban J connectivity index is 0.00000192. The van der Waals surface area contributed by atoms with Crippen molar-refractivity contribution in [3.05, 3.63) is 53.6 Å². The molecule has 3 rings (SSSR count). The first-order valence-corrected chi connectivity index (χ1v) is 6.46. The molecule has 2 heterocycles. The number of methoxy groups -OCH3 is 1. The number of carboxylic acid groups (broad SMARTS) is 1. The third-order valence-electron chi connectivity index (χ3n) is 3.19. The Labute approximate surface area is 153 Å². The summed E-state index contributed by atoms with van der Waals surface area (Å²) in [7, 11) is 1.52. The molecular weight excluding hydrogens is 312 g/mol. The number of rotatable bonds is 4. The first-order chi connectivity index (χ1) is 10.6. The molecule has 0 aliphatic rings. The molecule has 0 amide bonds. The molecule has 6 nitrogen and oxygen atoms in total. The number of benzene rings is 1. The van der Waals surface area contributed by atoms with Crippen molar-refractivity contribution in [3.8, 4) is 11.3 Å². The summed E-state index contributed by atoms with van der Waals surface area (Å²) < 4.78 is 19.9. The van der Waals surface area contributed by atoms with Crippen molar-refractivity contribution < 1.29 is 19.0 Å². The Morgan fingerprint density at radius 1 is 1.39 bits per heavy atom. The van der Waals surface area contributed by atoms with Crippen LogP contribution < -0.4 is 0 Å². The summed E-state index contributed by atoms with van der Waals surface area (Å²) in [4.78, 5) is 15.6. The monoisotopic (exact) mass is 324 g/mol. The Bertz CT molecular complexity index is 866. The maximum Gasteiger partial charge on any atom is 0.341 e. The normalized spacial score (nSPS) is 10.5. The Kier molecular flexibility index (Phi) is 5.48. The van der Waals surface area contributed by atoms with Gasteiger partial charge in [0.05, 0.1) is 24.2 Å². The molecule has 0 fully saturated rings. The topological polar surface area (TPSA) is 76.7 Å². The molecule has 1 radical (unpaired) electrons. The van der Waals surface area contributed by atoms with E-state index in [1.165, 1.54) is 30.0 Å². The van der Waals surface area contributed by atoms with Gasteiger partial charge in [0.2, 0.25) is 0 Å². The first-order valence-electron chi connectivity index (χ1n) is 6.46. The van der Waals surface area contributed by atoms with Gasteiger partial charge in [-0.05, 0) is 18.2 Å². The van der Waals surface area contributed by atoms with Gasteiger partial charge in [-0.2, -0.15) is 5.10 Å². The van der Waals surface area contributed by atoms with Crippen molar-refractivity contribution in [1.29, 1.82) is 0 Å². The van der Waals surface area contributed by atoms with Crippen LogP contribution in [0.25, 0.3) is 16.9 Å². The van der Waals surface area contributed by atoms with E-state index in [0.29, 0.717) is 17.0 Å². The Morgan fingerprint density at radius 3 is 2.83 bits per heavy atom. The second kappa shape index (κ2) is 7.18. The predicted octanol–water partition coefficient (Wildman–Crippen LogP) is 2.00. The fraction of sp³-hybridized carbons (Fsp3) is 0.133. The van der Waals surface area contributed by atoms with Crippen molar-refractivity contribution in [2.45, 2.75) is 6.61 Å². The number of hydrogen-bond donors (Lipinski definition) is 1. The third kappa shape index (κ3) is 3.42. The molecule has 23 heavy (non-hydrogen) atoms. The number of nitrogens with zero attached hydrogens (tertiary/aromatic N) is 3. The molecule has 8 heteroatoms. The summed E-state index contributed by atoms with van der Waals surface area (Å²) in [6.45, 7) is 0.224. The number of fused-ring (bicyclic) bond motifs is 1. The van der Waals surface area contributed by atoms with E-state index in [2.05, 4.69) is 10.1 Å². The van der Waals surface area contributed by atoms with E-state index in [9.17, 15) is 14.3 Å². The number of ether oxygens (including phenoxy) is 1. The fourth-order valence-corrected chi connectivity index (χ4v) is 2.22. The third-order valence-corrected chi connectivity index (χ3v) is 3.19. The average Bonchev–Trinajstić information content (AvgIpc) is 2.91. The molecule has 0 atom stereocenters. The van der Waals surface area contributed by atoms with Gasteiger partial charge in [-0.25, -0.2) is 18.7 Å². The van der Waals surface area contributed by atoms with Crippen molar-refractivity contribution in [2.75, 3.05) is 7.11 Å². The number of hydrogen-bond acceptors (Lipinski definition) is 4. The molecule has 0 bridgehead atoms. The summed E-state index contributed by atoms with van der Waals surface area (Å²) >= 11 is 0. The smallest absolute Gasteiger partial charge is 0.341 e. The van der Waals surface area contributed by atoms with Crippen LogP contribution in [-0.2, 0) is 11.3 Å². The van der Waals surface area contributed by atoms with Gasteiger partial charge in [-0.3, -0.25) is 0 Å². The van der Waals surface area contributed by atoms with E-state index in [0.717, 1.165) is 0 Å². The van der Waals surface area contributed by atoms with Gasteiger partial charge >= 0.3 is 5.97 Å². The van der Waals surface area contributed by atoms with Crippen molar-refractivity contribution in [3.63, 3.8) is 0 Å². The van der Waals surface area contributed by atoms with Crippen LogP contribution in [0.4, 0.5) is 4.39 Å². The SMILES string of the molecule is COCc1cc(-c2cccc(F)c2)nc2c(C(=O)O)cnn12.[Na]. The second-order valence-corrected chi connectivity index (χ2v) is 4.67. The van der Waals surface area contributed by atoms with E-state index < -0.39 is 5.97 Å². The van der Waals surface area contributed by atoms with Crippen molar-refractivity contribution in [2.24, 2.45) is 0 Å². The number of halogens is 1. The van der Waals surface area contributed by atoms with E-state index in [1.54, 1.807) is 18.2 Å². The van der Waals surface area contributed by atoms with Crippen LogP contribution >= 0.6 is 0 Å². The maximum absolute atomic E-state index is 13.4. The molecule has 0 unspecified atom stereocenters. The molecule has 0 aliphatic heterocycles. The molecule has 0 aliphatic carbocycles. The summed E-state index contributed by atoms with van der Waals surface area (Å²) in [5.74, 6) is -1.51. The standard InChI is InChI=1S/C15H12FN3O3.Na/c1-22-8-11-6-13(9-3-2-4-10(16)5-9)18-14-12(15(20)21)7-17-19(11)14;/h2-7H,8H2,1H3,(H,20,21);. The van der Waals surface area contributed by atoms with Gasteiger partial charge in [-0.15, -0.1) is 0 Å². The molecule has 0 spiro atoms. The molecule has 0 saturated heterocycles. The van der Waals surface area contributed by atoms with Gasteiger partial charge in [-0.1, -0.05) is 12.1 Å². The molecule has 0 saturated carbocycles. The molecule has 1 N–H and O–H groups in total. The van der Waals surface area contributed by atoms with Crippen LogP contribution in [0.15, 0.2) is 36.5 Å². The van der Waals surface area contributed by atoms with Crippen LogP contribution in [0.3, 0.4) is 0 Å². The van der Waals surface area contributed by atoms with Crippen molar-refractivity contribution in [1.82, 2.24) is 14.6 Å². The van der Waals surface area contributed by atoms with Gasteiger partial charge in [0.25, 0.3) is 0 Å². The number of aromatic carboxylic acids is 1. The van der Waals surface area contributed by atoms with E-state index in [-0.39, 0.29) is 53.2 Å². The maximum atomic E-state index is 13.4. The van der Waals surface area contributed by atoms with Gasteiger partial charge in [0, 0.05) is 42.2 Å². The van der Waals surface area contributed by atoms with Crippen LogP contribution in [-0.4, -0.2) is 62.3 Å². The summed E-state index contributed by atoms with van der Waals surface area (Å²) in [5.41, 5.74) is 1.82. The van der Waals surface area contributed by atoms with Crippen LogP contribution in [0.1, 0.15) is 16.1 Å². The van der Waals surface area contributed by atoms with Crippen LogP contribution in [0, 0.1) is 5.82 Å². The van der Waals surface area contributed by atoms with Gasteiger partial charge in [0.1, 0.15) is 11.4 Å². The molecule has 2 aromatic heterocycles. The summed E-state index contributed by atoms with van der Waals surface area (Å²) in [6, 6.07) is 7.64. The molecule has 3 aromatic rings. The fourth-order valence-electron chi connectivity index (χ4n) is 2.22. The van der Waals surface area contributed by atoms with Gasteiger partial charge in [0.15, 0.2) is 5.65 Å². The quantitative estimate of drug-likeness (QED) is 0.743. The average molecular weight is 324 g/mol. The Morgan fingerprint density at radius 2 is 2.17 bits per heavy atom. The summed E-state index contributed by atoms with van der Waals surface area (Å²) in [5, 5.41) is 13.2. The minimum absolute atomic E-state index is 0. The number of carbonyl (C=O) groups is 1. The molecular formula is C15H12FN3NaO3. The Hall–Kier alpha value is -1.80. The summed E-state index contributed by atoms with van der Waals surface area (Å²) in [6.07, 6.45) is 1.24. The van der Waals surface area contributed by atoms with Gasteiger partial charge < -0.3 is 9.84 Å². The second-order valence-electron chi connectivity index (χ2n) is 4.67. The minimum atomic E-state index is -1.12. The zero-order valence-corrected chi connectivity index (χ0v) is 14.7. The number of carboxylic acids is 1. The first kappa shape index (κ1) is 17.6. The van der Waals surface area contributed by atoms with E-state index >= 15 is 0 Å². The molecule has 1 aromatic carbocycles. The predicted molar refractivity (Wildman–Crippen MR) is 81.8 cm³/mol. The minimum Gasteiger partial charge on any atom is -0.477 e. The van der Waals surface area contributed by atoms with Crippen molar-refractivity contribution >= 4 is 41.2 Å². The van der Waals surface area contributed by atoms with Crippen LogP contribution in [0.5, 0.6) is 0 Å². The number of aromatic nitrogens is 3. The zero-order chi connectivity index (χ0) is 15.7.